The minimum atomic E-state index is -0.928. The molecule has 10 nitrogen and oxygen atoms in total. The topological polar surface area (TPSA) is 95.0 Å². The van der Waals surface area contributed by atoms with E-state index in [0.717, 1.165) is 40.7 Å². The standard InChI is InChI=1S/C33H38N4O6/c1-41-29-10-8-25(24-5-3-4-6-26(24)29)27-18-23-20-35(19-22-7-9-30(42-2)28(38)17-22)21-33(23)31(39)36(32(40)37(27)33)12-11-34-13-15-43-16-14-34/h3-10,17,23,27,38H,11-16,18-21H2,1-2H3/t23-,27-,33?/m1/s1. The molecule has 43 heavy (non-hydrogen) atoms. The van der Waals surface area contributed by atoms with Gasteiger partial charge in [-0.25, -0.2) is 4.79 Å². The Morgan fingerprint density at radius 1 is 0.930 bits per heavy atom. The van der Waals surface area contributed by atoms with Gasteiger partial charge in [0, 0.05) is 57.1 Å². The van der Waals surface area contributed by atoms with Gasteiger partial charge in [0.15, 0.2) is 11.5 Å². The van der Waals surface area contributed by atoms with Crippen molar-refractivity contribution < 1.29 is 28.9 Å². The molecule has 3 aromatic rings. The number of phenolic OH excluding ortho intramolecular Hbond substituents is 1. The fraction of sp³-hybridized carbons (Fsp3) is 0.455. The van der Waals surface area contributed by atoms with Crippen LogP contribution >= 0.6 is 0 Å². The van der Waals surface area contributed by atoms with Gasteiger partial charge in [-0.1, -0.05) is 36.4 Å². The van der Waals surface area contributed by atoms with Crippen molar-refractivity contribution in [3.8, 4) is 17.2 Å². The van der Waals surface area contributed by atoms with Gasteiger partial charge in [0.05, 0.1) is 33.5 Å². The Labute approximate surface area is 251 Å². The van der Waals surface area contributed by atoms with Gasteiger partial charge in [0.1, 0.15) is 11.3 Å². The number of fused-ring (bicyclic) bond motifs is 1. The summed E-state index contributed by atoms with van der Waals surface area (Å²) in [7, 11) is 3.20. The lowest BCUT2D eigenvalue weighted by atomic mass is 9.87. The summed E-state index contributed by atoms with van der Waals surface area (Å²) in [6.07, 6.45) is 0.704. The molecule has 4 fully saturated rings. The summed E-state index contributed by atoms with van der Waals surface area (Å²) in [5.74, 6) is 1.20. The number of morpholine rings is 1. The molecule has 0 aromatic heterocycles. The highest BCUT2D eigenvalue weighted by Crippen LogP contribution is 2.56. The molecule has 0 radical (unpaired) electrons. The molecule has 0 saturated carbocycles. The zero-order chi connectivity index (χ0) is 29.7. The van der Waals surface area contributed by atoms with Crippen LogP contribution in [0.3, 0.4) is 0 Å². The molecule has 1 N–H and O–H groups in total. The number of urea groups is 1. The Kier molecular flexibility index (Phi) is 7.15. The van der Waals surface area contributed by atoms with Gasteiger partial charge in [-0.15, -0.1) is 0 Å². The molecule has 4 saturated heterocycles. The molecule has 4 heterocycles. The van der Waals surface area contributed by atoms with E-state index in [1.807, 2.05) is 35.2 Å². The molecule has 3 amide bonds. The minimum absolute atomic E-state index is 0.0185. The maximum absolute atomic E-state index is 14.5. The number of imide groups is 1. The lowest BCUT2D eigenvalue weighted by Gasteiger charge is -2.32. The van der Waals surface area contributed by atoms with Gasteiger partial charge in [-0.3, -0.25) is 19.5 Å². The van der Waals surface area contributed by atoms with Gasteiger partial charge < -0.3 is 24.2 Å². The summed E-state index contributed by atoms with van der Waals surface area (Å²) in [5.41, 5.74) is 1.05. The molecule has 4 aliphatic rings. The number of phenols is 1. The van der Waals surface area contributed by atoms with E-state index < -0.39 is 5.54 Å². The first-order chi connectivity index (χ1) is 20.9. The monoisotopic (exact) mass is 586 g/mol. The number of methoxy groups -OCH3 is 2. The maximum atomic E-state index is 14.5. The number of aromatic hydroxyl groups is 1. The predicted octanol–water partition coefficient (Wildman–Crippen LogP) is 3.47. The van der Waals surface area contributed by atoms with Crippen LogP contribution < -0.4 is 9.47 Å². The number of carbonyl (C=O) groups is 2. The molecule has 1 unspecified atom stereocenters. The summed E-state index contributed by atoms with van der Waals surface area (Å²) in [6, 6.07) is 17.1. The van der Waals surface area contributed by atoms with E-state index in [1.54, 1.807) is 19.2 Å². The second kappa shape index (κ2) is 11.0. The third-order valence-electron chi connectivity index (χ3n) is 9.81. The number of hydrogen-bond donors (Lipinski definition) is 1. The largest absolute Gasteiger partial charge is 0.504 e. The SMILES string of the molecule is COc1ccc(CN2C[C@H]3C[C@H](c4ccc(OC)c5ccccc45)N4C(=O)N(CCN5CCOCC5)C(=O)C34C2)cc1O. The third kappa shape index (κ3) is 4.51. The number of amides is 3. The average molecular weight is 587 g/mol. The van der Waals surface area contributed by atoms with E-state index >= 15 is 0 Å². The second-order valence-corrected chi connectivity index (χ2v) is 12.0. The minimum Gasteiger partial charge on any atom is -0.504 e. The summed E-state index contributed by atoms with van der Waals surface area (Å²) < 4.78 is 16.4. The molecule has 3 atom stereocenters. The summed E-state index contributed by atoms with van der Waals surface area (Å²) in [5, 5.41) is 12.4. The third-order valence-corrected chi connectivity index (χ3v) is 9.81. The summed E-state index contributed by atoms with van der Waals surface area (Å²) in [4.78, 5) is 36.7. The van der Waals surface area contributed by atoms with Gasteiger partial charge in [-0.2, -0.15) is 0 Å². The van der Waals surface area contributed by atoms with Crippen LogP contribution in [0.1, 0.15) is 23.6 Å². The number of carbonyl (C=O) groups excluding carboxylic acids is 2. The van der Waals surface area contributed by atoms with E-state index in [9.17, 15) is 14.7 Å². The molecule has 226 valence electrons. The molecule has 1 spiro atoms. The van der Waals surface area contributed by atoms with Crippen molar-refractivity contribution in [3.05, 3.63) is 65.7 Å². The van der Waals surface area contributed by atoms with Crippen LogP contribution in [-0.2, 0) is 16.1 Å². The molecule has 4 aliphatic heterocycles. The van der Waals surface area contributed by atoms with Crippen LogP contribution in [0.15, 0.2) is 54.6 Å². The zero-order valence-electron chi connectivity index (χ0n) is 24.7. The van der Waals surface area contributed by atoms with Crippen LogP contribution in [0, 0.1) is 5.92 Å². The highest BCUT2D eigenvalue weighted by Gasteiger charge is 2.70. The molecular weight excluding hydrogens is 548 g/mol. The van der Waals surface area contributed by atoms with E-state index in [0.29, 0.717) is 58.1 Å². The highest BCUT2D eigenvalue weighted by molar-refractivity contribution is 6.09. The average Bonchev–Trinajstić information content (AvgIpc) is 3.60. The van der Waals surface area contributed by atoms with Crippen LogP contribution in [-0.4, -0.2) is 109 Å². The predicted molar refractivity (Wildman–Crippen MR) is 160 cm³/mol. The van der Waals surface area contributed by atoms with Crippen molar-refractivity contribution in [2.45, 2.75) is 24.5 Å². The second-order valence-electron chi connectivity index (χ2n) is 12.0. The van der Waals surface area contributed by atoms with Crippen molar-refractivity contribution in [3.63, 3.8) is 0 Å². The Bertz CT molecular complexity index is 1560. The highest BCUT2D eigenvalue weighted by atomic mass is 16.5. The summed E-state index contributed by atoms with van der Waals surface area (Å²) in [6.45, 7) is 5.65. The number of ether oxygens (including phenoxy) is 3. The van der Waals surface area contributed by atoms with Gasteiger partial charge >= 0.3 is 6.03 Å². The van der Waals surface area contributed by atoms with E-state index in [1.165, 1.54) is 12.0 Å². The molecule has 0 aliphatic carbocycles. The first kappa shape index (κ1) is 27.9. The Morgan fingerprint density at radius 2 is 1.67 bits per heavy atom. The summed E-state index contributed by atoms with van der Waals surface area (Å²) >= 11 is 0. The van der Waals surface area contributed by atoms with Gasteiger partial charge in [-0.05, 0) is 41.1 Å². The van der Waals surface area contributed by atoms with E-state index in [-0.39, 0.29) is 29.6 Å². The number of benzene rings is 3. The molecule has 7 rings (SSSR count). The number of nitrogens with zero attached hydrogens (tertiary/aromatic N) is 4. The number of hydrogen-bond acceptors (Lipinski definition) is 8. The smallest absolute Gasteiger partial charge is 0.328 e. The number of rotatable bonds is 8. The lowest BCUT2D eigenvalue weighted by Crippen LogP contribution is -2.51. The van der Waals surface area contributed by atoms with Crippen molar-refractivity contribution in [2.75, 3.05) is 66.7 Å². The Balaban J connectivity index is 1.23. The van der Waals surface area contributed by atoms with Crippen LogP contribution in [0.2, 0.25) is 0 Å². The van der Waals surface area contributed by atoms with Gasteiger partial charge in [0.25, 0.3) is 5.91 Å². The van der Waals surface area contributed by atoms with Crippen molar-refractivity contribution in [1.29, 1.82) is 0 Å². The van der Waals surface area contributed by atoms with Crippen LogP contribution in [0.4, 0.5) is 4.79 Å². The van der Waals surface area contributed by atoms with Crippen molar-refractivity contribution in [2.24, 2.45) is 5.92 Å². The van der Waals surface area contributed by atoms with E-state index in [2.05, 4.69) is 21.9 Å². The molecule has 0 bridgehead atoms. The Hall–Kier alpha value is -3.86. The van der Waals surface area contributed by atoms with Crippen LogP contribution in [0.25, 0.3) is 10.8 Å². The van der Waals surface area contributed by atoms with Crippen molar-refractivity contribution >= 4 is 22.7 Å². The lowest BCUT2D eigenvalue weighted by molar-refractivity contribution is -0.133. The quantitative estimate of drug-likeness (QED) is 0.401. The van der Waals surface area contributed by atoms with Crippen molar-refractivity contribution in [1.82, 2.24) is 19.6 Å². The van der Waals surface area contributed by atoms with E-state index in [4.69, 9.17) is 14.2 Å². The first-order valence-electron chi connectivity index (χ1n) is 15.0. The van der Waals surface area contributed by atoms with Gasteiger partial charge in [0.2, 0.25) is 0 Å². The Morgan fingerprint density at radius 3 is 2.42 bits per heavy atom. The molecule has 10 heteroatoms. The van der Waals surface area contributed by atoms with Crippen LogP contribution in [0.5, 0.6) is 17.2 Å². The fourth-order valence-corrected chi connectivity index (χ4v) is 7.80. The molecule has 3 aromatic carbocycles. The molecular formula is C33H38N4O6. The zero-order valence-corrected chi connectivity index (χ0v) is 24.7. The first-order valence-corrected chi connectivity index (χ1v) is 15.0. The normalized spacial score (nSPS) is 25.9. The number of likely N-dealkylation sites (tertiary alicyclic amines) is 1. The maximum Gasteiger partial charge on any atom is 0.328 e. The fourth-order valence-electron chi connectivity index (χ4n) is 7.80.